The van der Waals surface area contributed by atoms with Crippen LogP contribution in [0.2, 0.25) is 0 Å². The van der Waals surface area contributed by atoms with Gasteiger partial charge in [0.05, 0.1) is 0 Å². The summed E-state index contributed by atoms with van der Waals surface area (Å²) in [5.41, 5.74) is 3.00. The normalized spacial score (nSPS) is 22.6. The molecule has 0 bridgehead atoms. The molecule has 5 rings (SSSR count). The molecule has 8 heteroatoms. The lowest BCUT2D eigenvalue weighted by Crippen LogP contribution is -2.52. The van der Waals surface area contributed by atoms with Crippen molar-refractivity contribution in [3.05, 3.63) is 52.6 Å². The number of benzene rings is 1. The first-order valence-electron chi connectivity index (χ1n) is 13.5. The second kappa shape index (κ2) is 10.2. The lowest BCUT2D eigenvalue weighted by atomic mass is 9.73. The lowest BCUT2D eigenvalue weighted by molar-refractivity contribution is -0.185. The molecule has 3 aromatic rings. The van der Waals surface area contributed by atoms with Crippen LogP contribution in [-0.2, 0) is 33.6 Å². The first-order chi connectivity index (χ1) is 17.8. The molecule has 8 nitrogen and oxygen atoms in total. The number of nitrogens with zero attached hydrogens (tertiary/aromatic N) is 4. The van der Waals surface area contributed by atoms with Gasteiger partial charge in [0, 0.05) is 24.2 Å². The Morgan fingerprint density at radius 1 is 1.11 bits per heavy atom. The molecule has 0 spiro atoms. The Bertz CT molecular complexity index is 1310. The molecule has 3 heterocycles. The largest absolute Gasteiger partial charge is 0.508 e. The van der Waals surface area contributed by atoms with Gasteiger partial charge in [0.2, 0.25) is 0 Å². The van der Waals surface area contributed by atoms with Crippen molar-refractivity contribution >= 4 is 17.5 Å². The number of carbonyl (C=O) groups excluding carboxylic acids is 2. The van der Waals surface area contributed by atoms with Crippen LogP contribution in [0.4, 0.5) is 0 Å². The predicted octanol–water partition coefficient (Wildman–Crippen LogP) is 4.64. The third-order valence-corrected chi connectivity index (χ3v) is 8.10. The van der Waals surface area contributed by atoms with Crippen molar-refractivity contribution in [2.75, 3.05) is 0 Å². The Hall–Kier alpha value is -3.29. The molecule has 2 atom stereocenters. The number of rotatable bonds is 8. The number of aryl methyl sites for hydroxylation is 4. The van der Waals surface area contributed by atoms with Crippen LogP contribution < -0.4 is 0 Å². The van der Waals surface area contributed by atoms with Crippen molar-refractivity contribution in [3.63, 3.8) is 0 Å². The van der Waals surface area contributed by atoms with E-state index in [1.54, 1.807) is 10.6 Å². The molecule has 1 saturated carbocycles. The van der Waals surface area contributed by atoms with Crippen LogP contribution in [0.1, 0.15) is 80.2 Å². The number of esters is 1. The summed E-state index contributed by atoms with van der Waals surface area (Å²) in [7, 11) is 0. The van der Waals surface area contributed by atoms with Crippen LogP contribution in [0, 0.1) is 25.7 Å². The number of cyclic esters (lactones) is 1. The number of hydrogen-bond donors (Lipinski definition) is 1. The highest BCUT2D eigenvalue weighted by atomic mass is 16.6. The van der Waals surface area contributed by atoms with Crippen LogP contribution in [-0.4, -0.2) is 42.0 Å². The third-order valence-electron chi connectivity index (χ3n) is 8.10. The van der Waals surface area contributed by atoms with E-state index in [1.165, 1.54) is 0 Å². The predicted molar refractivity (Wildman–Crippen MR) is 138 cm³/mol. The highest BCUT2D eigenvalue weighted by molar-refractivity contribution is 6.01. The van der Waals surface area contributed by atoms with Gasteiger partial charge in [-0.15, -0.1) is 5.10 Å². The summed E-state index contributed by atoms with van der Waals surface area (Å²) in [4.78, 5) is 35.8. The first kappa shape index (κ1) is 25.4. The maximum absolute atomic E-state index is 13.5. The van der Waals surface area contributed by atoms with Gasteiger partial charge >= 0.3 is 5.97 Å². The summed E-state index contributed by atoms with van der Waals surface area (Å²) in [6.45, 7) is 5.91. The van der Waals surface area contributed by atoms with E-state index in [9.17, 15) is 14.7 Å². The maximum Gasteiger partial charge on any atom is 0.317 e. The molecular formula is C29H36N4O4. The van der Waals surface area contributed by atoms with E-state index in [1.807, 2.05) is 32.0 Å². The quantitative estimate of drug-likeness (QED) is 0.352. The maximum atomic E-state index is 13.5. The Balaban J connectivity index is 1.35. The van der Waals surface area contributed by atoms with Crippen LogP contribution in [0.15, 0.2) is 24.3 Å². The summed E-state index contributed by atoms with van der Waals surface area (Å²) in [6.07, 6.45) is 7.55. The molecular weight excluding hydrogens is 468 g/mol. The lowest BCUT2D eigenvalue weighted by Gasteiger charge is -2.43. The number of Topliss-reactive ketones (excluding diaryl/α,β-unsaturated/α-hetero) is 1. The van der Waals surface area contributed by atoms with Crippen LogP contribution in [0.3, 0.4) is 0 Å². The molecule has 2 unspecified atom stereocenters. The minimum Gasteiger partial charge on any atom is -0.508 e. The Morgan fingerprint density at radius 2 is 1.89 bits per heavy atom. The molecule has 1 aliphatic heterocycles. The van der Waals surface area contributed by atoms with Gasteiger partial charge in [0.15, 0.2) is 11.6 Å². The number of carbonyl (C=O) groups is 2. The molecule has 1 saturated heterocycles. The SMILES string of the molecule is CCCc1cc(CCC2(C3CCCC3)CC(=O)C(Cc3nc4nc(C)cc(C)n4n3)C(=O)O2)ccc1O. The minimum absolute atomic E-state index is 0.0831. The van der Waals surface area contributed by atoms with Crippen molar-refractivity contribution in [3.8, 4) is 5.75 Å². The summed E-state index contributed by atoms with van der Waals surface area (Å²) < 4.78 is 7.91. The van der Waals surface area contributed by atoms with E-state index >= 15 is 0 Å². The van der Waals surface area contributed by atoms with Gasteiger partial charge in [-0.1, -0.05) is 38.3 Å². The van der Waals surface area contributed by atoms with E-state index in [-0.39, 0.29) is 24.5 Å². The van der Waals surface area contributed by atoms with Crippen LogP contribution in [0.25, 0.3) is 5.78 Å². The fourth-order valence-corrected chi connectivity index (χ4v) is 6.17. The van der Waals surface area contributed by atoms with Crippen LogP contribution >= 0.6 is 0 Å². The van der Waals surface area contributed by atoms with E-state index in [0.717, 1.165) is 61.0 Å². The fraction of sp³-hybridized carbons (Fsp3) is 0.552. The number of hydrogen-bond acceptors (Lipinski definition) is 7. The zero-order chi connectivity index (χ0) is 26.2. The van der Waals surface area contributed by atoms with Gasteiger partial charge in [-0.2, -0.15) is 4.98 Å². The van der Waals surface area contributed by atoms with Gasteiger partial charge in [0.1, 0.15) is 17.3 Å². The monoisotopic (exact) mass is 504 g/mol. The van der Waals surface area contributed by atoms with Crippen LogP contribution in [0.5, 0.6) is 5.75 Å². The number of aromatic hydroxyl groups is 1. The second-order valence-electron chi connectivity index (χ2n) is 10.9. The summed E-state index contributed by atoms with van der Waals surface area (Å²) in [6, 6.07) is 7.64. The van der Waals surface area contributed by atoms with Crippen molar-refractivity contribution in [2.24, 2.45) is 11.8 Å². The number of phenols is 1. The van der Waals surface area contributed by atoms with E-state index in [4.69, 9.17) is 4.74 Å². The number of fused-ring (bicyclic) bond motifs is 1. The molecule has 1 aliphatic carbocycles. The van der Waals surface area contributed by atoms with Crippen molar-refractivity contribution in [1.29, 1.82) is 0 Å². The zero-order valence-corrected chi connectivity index (χ0v) is 22.0. The molecule has 1 aromatic carbocycles. The Morgan fingerprint density at radius 3 is 2.62 bits per heavy atom. The van der Waals surface area contributed by atoms with Gasteiger partial charge in [-0.25, -0.2) is 9.50 Å². The molecule has 2 aromatic heterocycles. The van der Waals surface area contributed by atoms with Crippen molar-refractivity contribution in [2.45, 2.75) is 90.6 Å². The summed E-state index contributed by atoms with van der Waals surface area (Å²) in [5.74, 6) is -0.0205. The smallest absolute Gasteiger partial charge is 0.317 e. The third kappa shape index (κ3) is 5.11. The average Bonchev–Trinajstić information content (AvgIpc) is 3.53. The number of phenolic OH excluding ortho intramolecular Hbond substituents is 1. The number of aromatic nitrogens is 4. The summed E-state index contributed by atoms with van der Waals surface area (Å²) in [5, 5.41) is 14.7. The zero-order valence-electron chi connectivity index (χ0n) is 22.0. The molecule has 0 amide bonds. The van der Waals surface area contributed by atoms with E-state index in [0.29, 0.717) is 30.2 Å². The minimum atomic E-state index is -0.891. The number of ether oxygens (including phenoxy) is 1. The van der Waals surface area contributed by atoms with Gasteiger partial charge in [-0.3, -0.25) is 9.59 Å². The van der Waals surface area contributed by atoms with Crippen molar-refractivity contribution in [1.82, 2.24) is 19.6 Å². The van der Waals surface area contributed by atoms with Gasteiger partial charge in [0.25, 0.3) is 5.78 Å². The molecule has 0 radical (unpaired) electrons. The van der Waals surface area contributed by atoms with E-state index < -0.39 is 17.5 Å². The molecule has 2 aliphatic rings. The molecule has 1 N–H and O–H groups in total. The highest BCUT2D eigenvalue weighted by Crippen LogP contribution is 2.45. The van der Waals surface area contributed by atoms with E-state index in [2.05, 4.69) is 22.0 Å². The Kier molecular flexibility index (Phi) is 7.01. The van der Waals surface area contributed by atoms with Gasteiger partial charge < -0.3 is 9.84 Å². The Labute approximate surface area is 217 Å². The molecule has 2 fully saturated rings. The topological polar surface area (TPSA) is 107 Å². The molecule has 196 valence electrons. The first-order valence-corrected chi connectivity index (χ1v) is 13.5. The van der Waals surface area contributed by atoms with Crippen molar-refractivity contribution < 1.29 is 19.4 Å². The van der Waals surface area contributed by atoms with Gasteiger partial charge in [-0.05, 0) is 75.1 Å². The second-order valence-corrected chi connectivity index (χ2v) is 10.9. The fourth-order valence-electron chi connectivity index (χ4n) is 6.17. The number of ketones is 1. The standard InChI is InChI=1S/C29H36N4O4/c1-4-7-21-15-20(10-11-24(21)34)12-13-29(22-8-5-6-9-22)17-25(35)23(27(36)37-29)16-26-31-28-30-18(2)14-19(3)33(28)32-26/h10-11,14-15,22-23,34H,4-9,12-13,16-17H2,1-3H3. The summed E-state index contributed by atoms with van der Waals surface area (Å²) >= 11 is 0. The average molecular weight is 505 g/mol. The molecule has 37 heavy (non-hydrogen) atoms. The highest BCUT2D eigenvalue weighted by Gasteiger charge is 2.51.